The van der Waals surface area contributed by atoms with Crippen LogP contribution < -0.4 is 0 Å². The molecule has 3 N–H and O–H groups in total. The first-order chi connectivity index (χ1) is 5.04. The summed E-state index contributed by atoms with van der Waals surface area (Å²) in [6.07, 6.45) is -5.05. The van der Waals surface area contributed by atoms with Crippen LogP contribution in [-0.4, -0.2) is 45.6 Å². The molecule has 62 valence electrons. The number of carbonyl (C=O) groups is 2. The Bertz CT molecular complexity index is 199. The van der Waals surface area contributed by atoms with E-state index in [-0.39, 0.29) is 0 Å². The predicted octanol–water partition coefficient (Wildman–Crippen LogP) is -2.28. The molecule has 1 saturated heterocycles. The Morgan fingerprint density at radius 3 is 2.18 bits per heavy atom. The number of aliphatic hydroxyl groups is 2. The van der Waals surface area contributed by atoms with Crippen LogP contribution in [0.1, 0.15) is 0 Å². The summed E-state index contributed by atoms with van der Waals surface area (Å²) in [5, 5.41) is 25.8. The highest BCUT2D eigenvalue weighted by Gasteiger charge is 2.46. The fourth-order valence-electron chi connectivity index (χ4n) is 0.766. The minimum atomic E-state index is -1.74. The largest absolute Gasteiger partial charge is 0.478 e. The monoisotopic (exact) mass is 162 g/mol. The van der Waals surface area contributed by atoms with E-state index in [1.165, 1.54) is 0 Å². The van der Waals surface area contributed by atoms with Gasteiger partial charge < -0.3 is 20.1 Å². The van der Waals surface area contributed by atoms with Crippen molar-refractivity contribution in [2.75, 3.05) is 0 Å². The Labute approximate surface area is 61.0 Å². The van der Waals surface area contributed by atoms with Crippen LogP contribution in [0.4, 0.5) is 0 Å². The van der Waals surface area contributed by atoms with Crippen LogP contribution in [0.25, 0.3) is 0 Å². The van der Waals surface area contributed by atoms with Crippen molar-refractivity contribution >= 4 is 11.9 Å². The summed E-state index contributed by atoms with van der Waals surface area (Å²) >= 11 is 0. The number of ether oxygens (including phenoxy) is 1. The molecule has 3 atom stereocenters. The lowest BCUT2D eigenvalue weighted by Gasteiger charge is -2.06. The van der Waals surface area contributed by atoms with Crippen molar-refractivity contribution in [3.63, 3.8) is 0 Å². The Kier molecular flexibility index (Phi) is 1.79. The molecule has 0 aromatic heterocycles. The van der Waals surface area contributed by atoms with Gasteiger partial charge in [0.05, 0.1) is 0 Å². The highest BCUT2D eigenvalue weighted by Crippen LogP contribution is 2.15. The molecule has 1 rings (SSSR count). The normalized spacial score (nSPS) is 36.9. The fraction of sp³-hybridized carbons (Fsp3) is 0.600. The van der Waals surface area contributed by atoms with E-state index in [2.05, 4.69) is 4.74 Å². The van der Waals surface area contributed by atoms with Gasteiger partial charge in [-0.1, -0.05) is 0 Å². The maximum absolute atomic E-state index is 10.4. The molecule has 0 bridgehead atoms. The second-order valence-corrected chi connectivity index (χ2v) is 2.13. The molecule has 0 saturated carbocycles. The third-order valence-corrected chi connectivity index (χ3v) is 1.36. The topological polar surface area (TPSA) is 104 Å². The van der Waals surface area contributed by atoms with Gasteiger partial charge in [0.15, 0.2) is 6.10 Å². The van der Waals surface area contributed by atoms with Gasteiger partial charge in [0.1, 0.15) is 6.10 Å². The van der Waals surface area contributed by atoms with Gasteiger partial charge in [0.25, 0.3) is 0 Å². The van der Waals surface area contributed by atoms with E-state index in [1.54, 1.807) is 0 Å². The molecular formula is C5H6O6. The molecule has 11 heavy (non-hydrogen) atoms. The van der Waals surface area contributed by atoms with Gasteiger partial charge in [-0.05, 0) is 0 Å². The second kappa shape index (κ2) is 2.48. The number of hydrogen-bond acceptors (Lipinski definition) is 5. The molecule has 0 unspecified atom stereocenters. The summed E-state index contributed by atoms with van der Waals surface area (Å²) in [6, 6.07) is 0. The summed E-state index contributed by atoms with van der Waals surface area (Å²) in [5.74, 6) is -2.58. The summed E-state index contributed by atoms with van der Waals surface area (Å²) in [7, 11) is 0. The fourth-order valence-corrected chi connectivity index (χ4v) is 0.766. The minimum Gasteiger partial charge on any atom is -0.478 e. The van der Waals surface area contributed by atoms with E-state index in [0.29, 0.717) is 0 Å². The van der Waals surface area contributed by atoms with Crippen LogP contribution in [0.5, 0.6) is 0 Å². The van der Waals surface area contributed by atoms with Crippen molar-refractivity contribution in [3.8, 4) is 0 Å². The smallest absolute Gasteiger partial charge is 0.347 e. The van der Waals surface area contributed by atoms with Gasteiger partial charge in [-0.3, -0.25) is 0 Å². The quantitative estimate of drug-likeness (QED) is 0.375. The van der Waals surface area contributed by atoms with Gasteiger partial charge in [-0.25, -0.2) is 9.59 Å². The average molecular weight is 162 g/mol. The van der Waals surface area contributed by atoms with Gasteiger partial charge in [0, 0.05) is 0 Å². The molecule has 1 aliphatic rings. The molecule has 1 fully saturated rings. The van der Waals surface area contributed by atoms with E-state index < -0.39 is 30.3 Å². The van der Waals surface area contributed by atoms with Gasteiger partial charge >= 0.3 is 11.9 Å². The van der Waals surface area contributed by atoms with E-state index in [0.717, 1.165) is 0 Å². The molecule has 6 nitrogen and oxygen atoms in total. The van der Waals surface area contributed by atoms with Crippen molar-refractivity contribution in [2.24, 2.45) is 0 Å². The Hall–Kier alpha value is -1.14. The number of hydrogen-bond donors (Lipinski definition) is 3. The summed E-state index contributed by atoms with van der Waals surface area (Å²) in [6.45, 7) is 0. The van der Waals surface area contributed by atoms with Gasteiger partial charge in [0.2, 0.25) is 6.10 Å². The summed E-state index contributed by atoms with van der Waals surface area (Å²) < 4.78 is 4.11. The Balaban J connectivity index is 2.74. The second-order valence-electron chi connectivity index (χ2n) is 2.13. The highest BCUT2D eigenvalue weighted by molar-refractivity contribution is 5.85. The molecule has 0 amide bonds. The molecule has 0 aliphatic carbocycles. The lowest BCUT2D eigenvalue weighted by molar-refractivity contribution is -0.159. The van der Waals surface area contributed by atoms with Crippen LogP contribution in [0.15, 0.2) is 0 Å². The SMILES string of the molecule is O=C1O[C@@H](C(=O)O)[C@H](O)[C@H]1O. The number of aliphatic hydroxyl groups excluding tert-OH is 2. The zero-order valence-corrected chi connectivity index (χ0v) is 5.30. The molecule has 1 heterocycles. The molecule has 0 aromatic carbocycles. The molecule has 6 heteroatoms. The van der Waals surface area contributed by atoms with E-state index in [4.69, 9.17) is 15.3 Å². The number of carboxylic acid groups (broad SMARTS) is 1. The maximum Gasteiger partial charge on any atom is 0.347 e. The van der Waals surface area contributed by atoms with E-state index >= 15 is 0 Å². The van der Waals surface area contributed by atoms with Crippen LogP contribution in [0.3, 0.4) is 0 Å². The van der Waals surface area contributed by atoms with Gasteiger partial charge in [-0.15, -0.1) is 0 Å². The van der Waals surface area contributed by atoms with Gasteiger partial charge in [-0.2, -0.15) is 0 Å². The van der Waals surface area contributed by atoms with Crippen molar-refractivity contribution in [3.05, 3.63) is 0 Å². The first kappa shape index (κ1) is 7.96. The average Bonchev–Trinajstić information content (AvgIpc) is 2.17. The molecular weight excluding hydrogens is 156 g/mol. The van der Waals surface area contributed by atoms with Crippen molar-refractivity contribution in [1.82, 2.24) is 0 Å². The van der Waals surface area contributed by atoms with Crippen molar-refractivity contribution in [1.29, 1.82) is 0 Å². The number of cyclic esters (lactones) is 1. The lowest BCUT2D eigenvalue weighted by atomic mass is 10.1. The van der Waals surface area contributed by atoms with Crippen LogP contribution in [0.2, 0.25) is 0 Å². The number of carboxylic acids is 1. The first-order valence-corrected chi connectivity index (χ1v) is 2.83. The predicted molar refractivity (Wildman–Crippen MR) is 29.5 cm³/mol. The molecule has 0 spiro atoms. The van der Waals surface area contributed by atoms with E-state index in [1.807, 2.05) is 0 Å². The van der Waals surface area contributed by atoms with Crippen LogP contribution in [-0.2, 0) is 14.3 Å². The van der Waals surface area contributed by atoms with E-state index in [9.17, 15) is 9.59 Å². The zero-order chi connectivity index (χ0) is 8.59. The maximum atomic E-state index is 10.4. The number of esters is 1. The number of aliphatic carboxylic acids is 1. The molecule has 0 aromatic rings. The summed E-state index contributed by atoms with van der Waals surface area (Å²) in [4.78, 5) is 20.6. The molecule has 0 radical (unpaired) electrons. The standard InChI is InChI=1S/C5H6O6/c6-1-2(7)5(10)11-3(1)4(8)9/h1-3,6-7H,(H,8,9)/t1-,2-,3-/m1/s1. The number of rotatable bonds is 1. The molecule has 1 aliphatic heterocycles. The third-order valence-electron chi connectivity index (χ3n) is 1.36. The van der Waals surface area contributed by atoms with Crippen LogP contribution >= 0.6 is 0 Å². The summed E-state index contributed by atoms with van der Waals surface area (Å²) in [5.41, 5.74) is 0. The Morgan fingerprint density at radius 2 is 2.00 bits per heavy atom. The zero-order valence-electron chi connectivity index (χ0n) is 5.30. The lowest BCUT2D eigenvalue weighted by Crippen LogP contribution is -2.35. The number of carbonyl (C=O) groups excluding carboxylic acids is 1. The minimum absolute atomic E-state index is 1.11. The van der Waals surface area contributed by atoms with Crippen molar-refractivity contribution in [2.45, 2.75) is 18.3 Å². The van der Waals surface area contributed by atoms with Crippen LogP contribution in [0, 0.1) is 0 Å². The Morgan fingerprint density at radius 1 is 1.45 bits per heavy atom. The highest BCUT2D eigenvalue weighted by atomic mass is 16.6. The first-order valence-electron chi connectivity index (χ1n) is 2.83. The third kappa shape index (κ3) is 1.17. The van der Waals surface area contributed by atoms with Crippen molar-refractivity contribution < 1.29 is 29.6 Å².